The fourth-order valence-electron chi connectivity index (χ4n) is 1.42. The third kappa shape index (κ3) is 4.75. The first-order valence-electron chi connectivity index (χ1n) is 6.04. The van der Waals surface area contributed by atoms with Gasteiger partial charge in [0, 0.05) is 6.61 Å². The van der Waals surface area contributed by atoms with Gasteiger partial charge in [0.2, 0.25) is 0 Å². The van der Waals surface area contributed by atoms with E-state index >= 15 is 0 Å². The summed E-state index contributed by atoms with van der Waals surface area (Å²) >= 11 is 0. The van der Waals surface area contributed by atoms with Gasteiger partial charge in [-0.25, -0.2) is 4.79 Å². The van der Waals surface area contributed by atoms with Crippen molar-refractivity contribution in [1.82, 2.24) is 0 Å². The number of ether oxygens (including phenoxy) is 3. The highest BCUT2D eigenvalue weighted by Gasteiger charge is 2.05. The van der Waals surface area contributed by atoms with E-state index < -0.39 is 0 Å². The second-order valence-electron chi connectivity index (χ2n) is 4.02. The molecule has 4 nitrogen and oxygen atoms in total. The van der Waals surface area contributed by atoms with E-state index in [0.717, 1.165) is 24.2 Å². The van der Waals surface area contributed by atoms with Crippen molar-refractivity contribution in [2.45, 2.75) is 26.9 Å². The van der Waals surface area contributed by atoms with Crippen LogP contribution in [0.25, 0.3) is 0 Å². The van der Waals surface area contributed by atoms with Crippen LogP contribution in [0.2, 0.25) is 0 Å². The first-order valence-corrected chi connectivity index (χ1v) is 6.04. The lowest BCUT2D eigenvalue weighted by Gasteiger charge is -2.10. The summed E-state index contributed by atoms with van der Waals surface area (Å²) in [5, 5.41) is 0. The molecule has 1 aromatic rings. The summed E-state index contributed by atoms with van der Waals surface area (Å²) in [6.45, 7) is 5.23. The van der Waals surface area contributed by atoms with E-state index in [-0.39, 0.29) is 12.6 Å². The Balaban J connectivity index is 2.60. The molecule has 1 aromatic carbocycles. The molecule has 0 aliphatic carbocycles. The molecule has 18 heavy (non-hydrogen) atoms. The number of aryl methyl sites for hydroxylation is 1. The zero-order chi connectivity index (χ0) is 13.4. The Morgan fingerprint density at radius 2 is 2.11 bits per heavy atom. The Kier molecular flexibility index (Phi) is 6.22. The summed E-state index contributed by atoms with van der Waals surface area (Å²) in [5.41, 5.74) is 2.02. The average molecular weight is 252 g/mol. The van der Waals surface area contributed by atoms with Gasteiger partial charge in [0.15, 0.2) is 6.61 Å². The molecule has 0 saturated heterocycles. The van der Waals surface area contributed by atoms with Gasteiger partial charge in [0.25, 0.3) is 0 Å². The molecular formula is C14H20O4. The monoisotopic (exact) mass is 252 g/mol. The van der Waals surface area contributed by atoms with Crippen LogP contribution in [0.15, 0.2) is 18.2 Å². The number of carbonyl (C=O) groups excluding carboxylic acids is 1. The lowest BCUT2D eigenvalue weighted by atomic mass is 10.1. The number of hydrogen-bond acceptors (Lipinski definition) is 4. The zero-order valence-electron chi connectivity index (χ0n) is 11.2. The summed E-state index contributed by atoms with van der Waals surface area (Å²) in [7, 11) is 1.34. The molecule has 1 rings (SSSR count). The highest BCUT2D eigenvalue weighted by Crippen LogP contribution is 2.20. The largest absolute Gasteiger partial charge is 0.482 e. The third-order valence-electron chi connectivity index (χ3n) is 2.44. The van der Waals surface area contributed by atoms with Crippen LogP contribution >= 0.6 is 0 Å². The molecule has 0 N–H and O–H groups in total. The van der Waals surface area contributed by atoms with Crippen LogP contribution in [-0.4, -0.2) is 26.3 Å². The van der Waals surface area contributed by atoms with Crippen molar-refractivity contribution in [1.29, 1.82) is 0 Å². The van der Waals surface area contributed by atoms with Crippen LogP contribution in [0.1, 0.15) is 24.5 Å². The third-order valence-corrected chi connectivity index (χ3v) is 2.44. The summed E-state index contributed by atoms with van der Waals surface area (Å²) in [4.78, 5) is 11.0. The van der Waals surface area contributed by atoms with Gasteiger partial charge in [-0.1, -0.05) is 19.1 Å². The maximum absolute atomic E-state index is 11.0. The number of esters is 1. The molecule has 0 bridgehead atoms. The van der Waals surface area contributed by atoms with E-state index in [9.17, 15) is 4.79 Å². The molecule has 0 radical (unpaired) electrons. The van der Waals surface area contributed by atoms with Gasteiger partial charge in [-0.3, -0.25) is 0 Å². The topological polar surface area (TPSA) is 44.8 Å². The summed E-state index contributed by atoms with van der Waals surface area (Å²) in [6, 6.07) is 5.85. The summed E-state index contributed by atoms with van der Waals surface area (Å²) in [5.74, 6) is 0.306. The highest BCUT2D eigenvalue weighted by atomic mass is 16.6. The fraction of sp³-hybridized carbons (Fsp3) is 0.500. The van der Waals surface area contributed by atoms with Crippen molar-refractivity contribution in [3.63, 3.8) is 0 Å². The summed E-state index contributed by atoms with van der Waals surface area (Å²) < 4.78 is 15.4. The molecule has 0 amide bonds. The van der Waals surface area contributed by atoms with E-state index in [1.807, 2.05) is 25.1 Å². The first kappa shape index (κ1) is 14.5. The molecule has 0 heterocycles. The van der Waals surface area contributed by atoms with E-state index in [1.54, 1.807) is 0 Å². The van der Waals surface area contributed by atoms with Crippen molar-refractivity contribution in [2.24, 2.45) is 0 Å². The molecule has 0 saturated carbocycles. The molecule has 0 unspecified atom stereocenters. The Morgan fingerprint density at radius 1 is 1.33 bits per heavy atom. The van der Waals surface area contributed by atoms with E-state index in [2.05, 4.69) is 11.7 Å². The van der Waals surface area contributed by atoms with Gasteiger partial charge in [-0.2, -0.15) is 0 Å². The lowest BCUT2D eigenvalue weighted by Crippen LogP contribution is -2.13. The van der Waals surface area contributed by atoms with Gasteiger partial charge in [0.1, 0.15) is 5.75 Å². The van der Waals surface area contributed by atoms with Gasteiger partial charge in [-0.05, 0) is 30.5 Å². The molecule has 0 fully saturated rings. The number of benzene rings is 1. The highest BCUT2D eigenvalue weighted by molar-refractivity contribution is 5.70. The molecular weight excluding hydrogens is 232 g/mol. The van der Waals surface area contributed by atoms with Crippen molar-refractivity contribution < 1.29 is 19.0 Å². The van der Waals surface area contributed by atoms with Crippen LogP contribution in [0.3, 0.4) is 0 Å². The maximum Gasteiger partial charge on any atom is 0.343 e. The molecule has 4 heteroatoms. The minimum atomic E-state index is -0.387. The Bertz CT molecular complexity index is 387. The second kappa shape index (κ2) is 7.71. The van der Waals surface area contributed by atoms with Crippen molar-refractivity contribution in [3.8, 4) is 5.75 Å². The van der Waals surface area contributed by atoms with Gasteiger partial charge < -0.3 is 14.2 Å². The van der Waals surface area contributed by atoms with Crippen LogP contribution in [0.5, 0.6) is 5.75 Å². The molecule has 0 spiro atoms. The lowest BCUT2D eigenvalue weighted by molar-refractivity contribution is -0.142. The van der Waals surface area contributed by atoms with Crippen LogP contribution < -0.4 is 4.74 Å². The number of methoxy groups -OCH3 is 1. The second-order valence-corrected chi connectivity index (χ2v) is 4.02. The summed E-state index contributed by atoms with van der Waals surface area (Å²) in [6.07, 6.45) is 0.998. The van der Waals surface area contributed by atoms with E-state index in [0.29, 0.717) is 12.4 Å². The fourth-order valence-corrected chi connectivity index (χ4v) is 1.42. The predicted molar refractivity (Wildman–Crippen MR) is 68.6 cm³/mol. The molecule has 0 aliphatic heterocycles. The Labute approximate surface area is 108 Å². The van der Waals surface area contributed by atoms with Crippen molar-refractivity contribution >= 4 is 5.97 Å². The molecule has 100 valence electrons. The predicted octanol–water partition coefficient (Wildman–Crippen LogP) is 2.47. The molecule has 0 aromatic heterocycles. The van der Waals surface area contributed by atoms with Crippen LogP contribution in [0, 0.1) is 6.92 Å². The number of rotatable bonds is 7. The van der Waals surface area contributed by atoms with Crippen LogP contribution in [0.4, 0.5) is 0 Å². The molecule has 0 aliphatic rings. The Hall–Kier alpha value is -1.55. The smallest absolute Gasteiger partial charge is 0.343 e. The normalized spacial score (nSPS) is 10.2. The Morgan fingerprint density at radius 3 is 2.78 bits per heavy atom. The van der Waals surface area contributed by atoms with E-state index in [1.165, 1.54) is 7.11 Å². The van der Waals surface area contributed by atoms with Crippen molar-refractivity contribution in [3.05, 3.63) is 29.3 Å². The maximum atomic E-state index is 11.0. The van der Waals surface area contributed by atoms with Gasteiger partial charge in [-0.15, -0.1) is 0 Å². The van der Waals surface area contributed by atoms with Crippen LogP contribution in [-0.2, 0) is 20.9 Å². The quantitative estimate of drug-likeness (QED) is 0.552. The molecule has 0 atom stereocenters. The standard InChI is InChI=1S/C14H20O4/c1-4-7-17-9-12-6-5-11(2)13(8-12)18-10-14(15)16-3/h5-6,8H,4,7,9-10H2,1-3H3. The first-order chi connectivity index (χ1) is 8.67. The minimum Gasteiger partial charge on any atom is -0.482 e. The SMILES string of the molecule is CCCOCc1ccc(C)c(OCC(=O)OC)c1. The number of hydrogen-bond donors (Lipinski definition) is 0. The van der Waals surface area contributed by atoms with Gasteiger partial charge in [0.05, 0.1) is 13.7 Å². The number of carbonyl (C=O) groups is 1. The van der Waals surface area contributed by atoms with E-state index in [4.69, 9.17) is 9.47 Å². The van der Waals surface area contributed by atoms with Gasteiger partial charge >= 0.3 is 5.97 Å². The minimum absolute atomic E-state index is 0.0728. The average Bonchev–Trinajstić information content (AvgIpc) is 2.39. The van der Waals surface area contributed by atoms with Crippen molar-refractivity contribution in [2.75, 3.05) is 20.3 Å². The zero-order valence-corrected chi connectivity index (χ0v) is 11.2.